The van der Waals surface area contributed by atoms with Crippen LogP contribution in [0.4, 0.5) is 5.69 Å². The summed E-state index contributed by atoms with van der Waals surface area (Å²) in [5.41, 5.74) is 4.38. The Morgan fingerprint density at radius 1 is 1.09 bits per heavy atom. The average molecular weight is 478 g/mol. The first-order chi connectivity index (χ1) is 16.5. The van der Waals surface area contributed by atoms with E-state index in [4.69, 9.17) is 5.11 Å². The minimum absolute atomic E-state index is 0.201. The van der Waals surface area contributed by atoms with Crippen LogP contribution in [0.2, 0.25) is 0 Å². The largest absolute Gasteiger partial charge is 0.394 e. The molecule has 1 aliphatic heterocycles. The van der Waals surface area contributed by atoms with E-state index in [-0.39, 0.29) is 13.2 Å². The second-order valence-electron chi connectivity index (χ2n) is 8.65. The van der Waals surface area contributed by atoms with Gasteiger partial charge in [0.05, 0.1) is 12.7 Å². The molecule has 1 aromatic heterocycles. The number of nitrogens with one attached hydrogen (secondary N) is 1. The Kier molecular flexibility index (Phi) is 7.93. The van der Waals surface area contributed by atoms with Crippen LogP contribution < -0.4 is 9.62 Å². The third kappa shape index (κ3) is 5.63. The molecule has 1 aliphatic rings. The lowest BCUT2D eigenvalue weighted by molar-refractivity contribution is 0.0994. The zero-order chi connectivity index (χ0) is 24.1. The molecule has 3 N–H and O–H groups in total. The van der Waals surface area contributed by atoms with Crippen molar-refractivity contribution < 1.29 is 10.2 Å². The van der Waals surface area contributed by atoms with Gasteiger partial charge >= 0.3 is 0 Å². The van der Waals surface area contributed by atoms with E-state index in [1.807, 2.05) is 19.2 Å². The van der Waals surface area contributed by atoms with Crippen molar-refractivity contribution in [3.8, 4) is 17.3 Å². The Balaban J connectivity index is 1.52. The highest BCUT2D eigenvalue weighted by atomic mass is 32.2. The Hall–Kier alpha value is -2.80. The van der Waals surface area contributed by atoms with E-state index in [1.165, 1.54) is 16.5 Å². The summed E-state index contributed by atoms with van der Waals surface area (Å²) in [6.07, 6.45) is 0.968. The number of hydrogen-bond acceptors (Lipinski definition) is 7. The lowest BCUT2D eigenvalue weighted by Crippen LogP contribution is -2.44. The topological polar surface area (TPSA) is 87.7 Å². The van der Waals surface area contributed by atoms with Gasteiger partial charge in [0, 0.05) is 56.8 Å². The Morgan fingerprint density at radius 2 is 1.82 bits per heavy atom. The number of likely N-dealkylation sites (N-methyl/N-ethyl adjacent to an activating group) is 1. The number of anilines is 1. The number of benzene rings is 2. The fourth-order valence-corrected chi connectivity index (χ4v) is 4.77. The van der Waals surface area contributed by atoms with Gasteiger partial charge in [-0.05, 0) is 71.7 Å². The van der Waals surface area contributed by atoms with E-state index in [9.17, 15) is 10.4 Å². The number of hydrogen-bond donors (Lipinski definition) is 3. The smallest absolute Gasteiger partial charge is 0.108 e. The number of fused-ring (bicyclic) bond motifs is 1. The molecule has 178 valence electrons. The van der Waals surface area contributed by atoms with E-state index >= 15 is 0 Å². The molecular weight excluding hydrogens is 446 g/mol. The van der Waals surface area contributed by atoms with Gasteiger partial charge in [-0.3, -0.25) is 4.72 Å². The van der Waals surface area contributed by atoms with Gasteiger partial charge in [0.25, 0.3) is 0 Å². The maximum Gasteiger partial charge on any atom is 0.108 e. The van der Waals surface area contributed by atoms with Gasteiger partial charge in [0.15, 0.2) is 0 Å². The van der Waals surface area contributed by atoms with E-state index in [2.05, 4.69) is 74.7 Å². The van der Waals surface area contributed by atoms with Crippen LogP contribution in [0.5, 0.6) is 0 Å². The molecule has 8 heteroatoms. The SMILES string of the molecule is CN1CCN(c2ccc3cc(-c4ccc(/C=C(\C#N)SNCC(O)CO)n4C)ccc3c2)CC1. The van der Waals surface area contributed by atoms with Crippen LogP contribution in [-0.4, -0.2) is 72.2 Å². The molecule has 1 saturated heterocycles. The molecule has 0 amide bonds. The molecule has 0 aliphatic carbocycles. The zero-order valence-corrected chi connectivity index (χ0v) is 20.4. The second-order valence-corrected chi connectivity index (χ2v) is 9.58. The molecule has 0 saturated carbocycles. The highest BCUT2D eigenvalue weighted by Gasteiger charge is 2.15. The lowest BCUT2D eigenvalue weighted by Gasteiger charge is -2.34. The number of allylic oxidation sites excluding steroid dienone is 1. The van der Waals surface area contributed by atoms with Gasteiger partial charge in [-0.1, -0.05) is 18.2 Å². The summed E-state index contributed by atoms with van der Waals surface area (Å²) in [7, 11) is 4.16. The molecule has 2 aromatic carbocycles. The Bertz CT molecular complexity index is 1210. The third-order valence-corrected chi connectivity index (χ3v) is 6.99. The molecule has 7 nitrogen and oxygen atoms in total. The van der Waals surface area contributed by atoms with Gasteiger partial charge < -0.3 is 24.6 Å². The Morgan fingerprint density at radius 3 is 2.56 bits per heavy atom. The molecule has 34 heavy (non-hydrogen) atoms. The number of nitriles is 1. The molecule has 1 fully saturated rings. The summed E-state index contributed by atoms with van der Waals surface area (Å²) in [6, 6.07) is 19.5. The van der Waals surface area contributed by atoms with Gasteiger partial charge in [-0.25, -0.2) is 0 Å². The summed E-state index contributed by atoms with van der Waals surface area (Å²) >= 11 is 1.15. The maximum atomic E-state index is 9.47. The van der Waals surface area contributed by atoms with Gasteiger partial charge in [-0.2, -0.15) is 5.26 Å². The first-order valence-corrected chi connectivity index (χ1v) is 12.2. The number of aromatic nitrogens is 1. The third-order valence-electron chi connectivity index (χ3n) is 6.25. The lowest BCUT2D eigenvalue weighted by atomic mass is 10.0. The first kappa shape index (κ1) is 24.3. The van der Waals surface area contributed by atoms with Crippen molar-refractivity contribution in [2.45, 2.75) is 6.10 Å². The quantitative estimate of drug-likeness (QED) is 0.340. The molecule has 0 radical (unpaired) electrons. The molecule has 1 atom stereocenters. The molecule has 0 bridgehead atoms. The molecule has 4 rings (SSSR count). The molecule has 1 unspecified atom stereocenters. The monoisotopic (exact) mass is 477 g/mol. The fraction of sp³-hybridized carbons (Fsp3) is 0.346. The maximum absolute atomic E-state index is 9.47. The molecule has 3 aromatic rings. The molecule has 2 heterocycles. The number of aliphatic hydroxyl groups is 2. The predicted molar refractivity (Wildman–Crippen MR) is 140 cm³/mol. The highest BCUT2D eigenvalue weighted by molar-refractivity contribution is 8.01. The van der Waals surface area contributed by atoms with Crippen LogP contribution in [0.3, 0.4) is 0 Å². The van der Waals surface area contributed by atoms with E-state index in [1.54, 1.807) is 0 Å². The summed E-state index contributed by atoms with van der Waals surface area (Å²) in [4.78, 5) is 5.30. The predicted octanol–water partition coefficient (Wildman–Crippen LogP) is 3.05. The molecular formula is C26H31N5O2S. The zero-order valence-electron chi connectivity index (χ0n) is 19.6. The highest BCUT2D eigenvalue weighted by Crippen LogP contribution is 2.29. The van der Waals surface area contributed by atoms with Crippen molar-refractivity contribution in [3.05, 3.63) is 59.1 Å². The van der Waals surface area contributed by atoms with E-state index < -0.39 is 6.10 Å². The number of piperazine rings is 1. The number of aliphatic hydroxyl groups excluding tert-OH is 2. The minimum Gasteiger partial charge on any atom is -0.394 e. The van der Waals surface area contributed by atoms with Crippen LogP contribution in [0.1, 0.15) is 5.69 Å². The average Bonchev–Trinajstić information content (AvgIpc) is 3.22. The van der Waals surface area contributed by atoms with Gasteiger partial charge in [0.1, 0.15) is 11.0 Å². The summed E-state index contributed by atoms with van der Waals surface area (Å²) < 4.78 is 4.99. The first-order valence-electron chi connectivity index (χ1n) is 11.4. The van der Waals surface area contributed by atoms with E-state index in [0.29, 0.717) is 4.91 Å². The standard InChI is InChI=1S/C26H31N5O2S/c1-29-9-11-31(12-10-29)23-6-5-19-13-21(4-3-20(19)14-23)26-8-7-22(30(26)2)15-25(16-27)34-28-17-24(33)18-32/h3-8,13-15,24,28,32-33H,9-12,17-18H2,1-2H3/b25-15+. The number of nitrogens with zero attached hydrogens (tertiary/aromatic N) is 4. The second kappa shape index (κ2) is 11.1. The van der Waals surface area contributed by atoms with Gasteiger partial charge in [0.2, 0.25) is 0 Å². The van der Waals surface area contributed by atoms with Crippen molar-refractivity contribution in [2.24, 2.45) is 7.05 Å². The minimum atomic E-state index is -0.848. The van der Waals surface area contributed by atoms with Crippen molar-refractivity contribution in [1.29, 1.82) is 5.26 Å². The van der Waals surface area contributed by atoms with Crippen molar-refractivity contribution in [3.63, 3.8) is 0 Å². The Labute approximate surface area is 205 Å². The van der Waals surface area contributed by atoms with Gasteiger partial charge in [-0.15, -0.1) is 0 Å². The van der Waals surface area contributed by atoms with Crippen LogP contribution in [0.15, 0.2) is 53.4 Å². The van der Waals surface area contributed by atoms with Crippen molar-refractivity contribution >= 4 is 34.5 Å². The summed E-state index contributed by atoms with van der Waals surface area (Å²) in [5.74, 6) is 0. The summed E-state index contributed by atoms with van der Waals surface area (Å²) in [5, 5.41) is 30.2. The summed E-state index contributed by atoms with van der Waals surface area (Å²) in [6.45, 7) is 4.18. The van der Waals surface area contributed by atoms with Crippen LogP contribution >= 0.6 is 11.9 Å². The fourth-order valence-electron chi connectivity index (χ4n) is 4.11. The van der Waals surface area contributed by atoms with Crippen molar-refractivity contribution in [2.75, 3.05) is 51.3 Å². The van der Waals surface area contributed by atoms with E-state index in [0.717, 1.165) is 55.1 Å². The molecule has 0 spiro atoms. The van der Waals surface area contributed by atoms with Crippen LogP contribution in [-0.2, 0) is 7.05 Å². The number of rotatable bonds is 8. The van der Waals surface area contributed by atoms with Crippen molar-refractivity contribution in [1.82, 2.24) is 14.2 Å². The van der Waals surface area contributed by atoms with Crippen LogP contribution in [0, 0.1) is 11.3 Å². The normalized spacial score (nSPS) is 16.1. The van der Waals surface area contributed by atoms with Crippen LogP contribution in [0.25, 0.3) is 28.1 Å².